The molecule has 2 aromatic rings. The second-order valence-electron chi connectivity index (χ2n) is 12.0. The van der Waals surface area contributed by atoms with Crippen molar-refractivity contribution in [1.82, 2.24) is 14.5 Å². The molecule has 3 aliphatic rings. The summed E-state index contributed by atoms with van der Waals surface area (Å²) in [5, 5.41) is 23.3. The predicted octanol–water partition coefficient (Wildman–Crippen LogP) is 2.87. The molecule has 2 aromatic carbocycles. The van der Waals surface area contributed by atoms with E-state index in [1.54, 1.807) is 30.9 Å². The minimum Gasteiger partial charge on any atom is -0.406 e. The predicted molar refractivity (Wildman–Crippen MR) is 162 cm³/mol. The number of hydrogen-bond acceptors (Lipinski definition) is 8. The van der Waals surface area contributed by atoms with Crippen molar-refractivity contribution in [3.05, 3.63) is 69.6 Å². The van der Waals surface area contributed by atoms with E-state index in [1.807, 2.05) is 0 Å². The first-order chi connectivity index (χ1) is 21.5. The van der Waals surface area contributed by atoms with Crippen molar-refractivity contribution in [2.24, 2.45) is 4.99 Å². The van der Waals surface area contributed by atoms with Gasteiger partial charge in [0, 0.05) is 42.7 Å². The van der Waals surface area contributed by atoms with E-state index in [2.05, 4.69) is 15.0 Å². The maximum Gasteiger partial charge on any atom is 0.573 e. The third-order valence-corrected chi connectivity index (χ3v) is 10.3. The summed E-state index contributed by atoms with van der Waals surface area (Å²) in [7, 11) is -3.89. The Bertz CT molecular complexity index is 1670. The molecule has 15 heteroatoms. The van der Waals surface area contributed by atoms with Crippen LogP contribution >= 0.6 is 0 Å². The molecule has 2 amide bonds. The van der Waals surface area contributed by atoms with Gasteiger partial charge in [-0.2, -0.15) is 4.31 Å². The number of piperidine rings is 2. The van der Waals surface area contributed by atoms with Gasteiger partial charge in [0.25, 0.3) is 11.8 Å². The number of aliphatic hydroxyl groups is 2. The molecule has 46 heavy (non-hydrogen) atoms. The number of nitrogens with zero attached hydrogens (tertiary/aromatic N) is 3. The molecule has 0 radical (unpaired) electrons. The van der Waals surface area contributed by atoms with Gasteiger partial charge < -0.3 is 25.2 Å². The van der Waals surface area contributed by atoms with Crippen molar-refractivity contribution >= 4 is 33.7 Å². The number of alkyl halides is 3. The third kappa shape index (κ3) is 7.12. The summed E-state index contributed by atoms with van der Waals surface area (Å²) in [6.07, 6.45) is -2.69. The van der Waals surface area contributed by atoms with Gasteiger partial charge in [-0.1, -0.05) is 12.1 Å². The molecule has 0 bridgehead atoms. The number of nitrogens with one attached hydrogen (secondary N) is 1. The first kappa shape index (κ1) is 33.6. The molecular formula is C31H35F3N4O7S. The van der Waals surface area contributed by atoms with Crippen LogP contribution in [0, 0.1) is 13.8 Å². The van der Waals surface area contributed by atoms with Crippen LogP contribution in [0.1, 0.15) is 58.3 Å². The van der Waals surface area contributed by atoms with Crippen LogP contribution in [0.3, 0.4) is 0 Å². The number of amides is 2. The van der Waals surface area contributed by atoms with Gasteiger partial charge in [0.2, 0.25) is 10.0 Å². The highest BCUT2D eigenvalue weighted by atomic mass is 32.2. The molecule has 5 rings (SSSR count). The Balaban J connectivity index is 1.24. The number of sulfonamides is 1. The number of hydrogen-bond donors (Lipinski definition) is 3. The quantitative estimate of drug-likeness (QED) is 0.412. The van der Waals surface area contributed by atoms with Crippen molar-refractivity contribution in [2.45, 2.75) is 57.0 Å². The fourth-order valence-corrected chi connectivity index (χ4v) is 7.18. The van der Waals surface area contributed by atoms with E-state index in [4.69, 9.17) is 0 Å². The van der Waals surface area contributed by atoms with E-state index in [0.29, 0.717) is 35.3 Å². The van der Waals surface area contributed by atoms with Crippen molar-refractivity contribution in [3.8, 4) is 5.75 Å². The molecule has 0 saturated carbocycles. The van der Waals surface area contributed by atoms with Gasteiger partial charge in [0.05, 0.1) is 12.2 Å². The molecule has 0 aliphatic carbocycles. The van der Waals surface area contributed by atoms with Crippen molar-refractivity contribution in [2.75, 3.05) is 32.8 Å². The standard InChI is InChI=1S/C31H35F3N4O7S/c1-20-16-23(27(40)37-11-7-29(42,19-39)8-12-37)17-21(2)25(20)6-15-46(43,44)38-13-9-30(10-14-38)28(41)35-26(36-30)22-4-3-5-24(18-22)45-31(32,33)34/h3-6,15-18,39,42H,7-14,19H2,1-2H3,(H,35,36,41)/b15-6+. The van der Waals surface area contributed by atoms with E-state index in [9.17, 15) is 41.4 Å². The molecule has 3 aliphatic heterocycles. The third-order valence-electron chi connectivity index (χ3n) is 8.75. The normalized spacial score (nSPS) is 20.2. The zero-order valence-electron chi connectivity index (χ0n) is 25.3. The second kappa shape index (κ2) is 12.4. The van der Waals surface area contributed by atoms with E-state index in [-0.39, 0.29) is 62.7 Å². The molecule has 11 nitrogen and oxygen atoms in total. The highest BCUT2D eigenvalue weighted by Gasteiger charge is 2.47. The SMILES string of the molecule is Cc1cc(C(=O)N2CCC(O)(CO)CC2)cc(C)c1/C=C/S(=O)(=O)N1CCC2(CC1)N=C(c1cccc(OC(F)(F)F)c1)NC2=O. The number of aliphatic hydroxyl groups excluding tert-OH is 1. The van der Waals surface area contributed by atoms with Crippen LogP contribution in [-0.4, -0.2) is 95.8 Å². The topological polar surface area (TPSA) is 149 Å². The maximum absolute atomic E-state index is 13.3. The van der Waals surface area contributed by atoms with Gasteiger partial charge in [0.1, 0.15) is 17.1 Å². The van der Waals surface area contributed by atoms with Crippen molar-refractivity contribution < 1.29 is 46.1 Å². The maximum atomic E-state index is 13.3. The molecule has 2 saturated heterocycles. The Hall–Kier alpha value is -3.79. The van der Waals surface area contributed by atoms with E-state index >= 15 is 0 Å². The lowest BCUT2D eigenvalue weighted by Gasteiger charge is -2.37. The summed E-state index contributed by atoms with van der Waals surface area (Å²) in [5.41, 5.74) is 0.293. The van der Waals surface area contributed by atoms with Crippen LogP contribution < -0.4 is 10.1 Å². The van der Waals surface area contributed by atoms with Crippen molar-refractivity contribution in [1.29, 1.82) is 0 Å². The molecule has 1 spiro atoms. The Morgan fingerprint density at radius 3 is 2.28 bits per heavy atom. The monoisotopic (exact) mass is 664 g/mol. The summed E-state index contributed by atoms with van der Waals surface area (Å²) in [6.45, 7) is 3.82. The van der Waals surface area contributed by atoms with Crippen LogP contribution in [0.2, 0.25) is 0 Å². The van der Waals surface area contributed by atoms with Gasteiger partial charge in [-0.25, -0.2) is 8.42 Å². The largest absolute Gasteiger partial charge is 0.573 e. The molecule has 3 heterocycles. The van der Waals surface area contributed by atoms with Crippen LogP contribution in [0.5, 0.6) is 5.75 Å². The number of amidine groups is 1. The van der Waals surface area contributed by atoms with Gasteiger partial charge in [0.15, 0.2) is 0 Å². The summed E-state index contributed by atoms with van der Waals surface area (Å²) in [5.74, 6) is -1.03. The number of rotatable bonds is 7. The minimum atomic E-state index is -4.88. The summed E-state index contributed by atoms with van der Waals surface area (Å²) < 4.78 is 69.7. The molecule has 0 unspecified atom stereocenters. The van der Waals surface area contributed by atoms with Crippen LogP contribution in [0.4, 0.5) is 13.2 Å². The smallest absolute Gasteiger partial charge is 0.406 e. The Kier molecular flexibility index (Phi) is 9.07. The fourth-order valence-electron chi connectivity index (χ4n) is 6.01. The molecule has 3 N–H and O–H groups in total. The van der Waals surface area contributed by atoms with E-state index < -0.39 is 39.2 Å². The van der Waals surface area contributed by atoms with Gasteiger partial charge >= 0.3 is 6.36 Å². The first-order valence-electron chi connectivity index (χ1n) is 14.7. The number of benzene rings is 2. The number of aliphatic imine (C=N–C) groups is 1. The lowest BCUT2D eigenvalue weighted by atomic mass is 9.89. The molecule has 248 valence electrons. The molecule has 0 atom stereocenters. The molecule has 0 aromatic heterocycles. The van der Waals surface area contributed by atoms with Crippen LogP contribution in [0.25, 0.3) is 6.08 Å². The number of ether oxygens (including phenoxy) is 1. The number of carbonyl (C=O) groups is 2. The number of halogens is 3. The van der Waals surface area contributed by atoms with Gasteiger partial charge in [-0.15, -0.1) is 13.2 Å². The Labute approximate surface area is 264 Å². The Morgan fingerprint density at radius 1 is 1.07 bits per heavy atom. The summed E-state index contributed by atoms with van der Waals surface area (Å²) >= 11 is 0. The number of aryl methyl sites for hydroxylation is 2. The average Bonchev–Trinajstić information content (AvgIpc) is 3.31. The lowest BCUT2D eigenvalue weighted by Crippen LogP contribution is -2.50. The van der Waals surface area contributed by atoms with Gasteiger partial charge in [-0.05, 0) is 86.6 Å². The van der Waals surface area contributed by atoms with E-state index in [1.165, 1.54) is 22.5 Å². The van der Waals surface area contributed by atoms with Gasteiger partial charge in [-0.3, -0.25) is 14.6 Å². The van der Waals surface area contributed by atoms with Crippen LogP contribution in [-0.2, 0) is 14.8 Å². The van der Waals surface area contributed by atoms with E-state index in [0.717, 1.165) is 17.5 Å². The number of carbonyl (C=O) groups excluding carboxylic acids is 2. The molecule has 2 fully saturated rings. The second-order valence-corrected chi connectivity index (χ2v) is 13.8. The first-order valence-corrected chi connectivity index (χ1v) is 16.2. The zero-order chi connectivity index (χ0) is 33.5. The van der Waals surface area contributed by atoms with Crippen molar-refractivity contribution in [3.63, 3.8) is 0 Å². The fraction of sp³-hybridized carbons (Fsp3) is 0.452. The number of likely N-dealkylation sites (tertiary alicyclic amines) is 1. The minimum absolute atomic E-state index is 0.000738. The highest BCUT2D eigenvalue weighted by Crippen LogP contribution is 2.33. The van der Waals surface area contributed by atoms with Crippen LogP contribution in [0.15, 0.2) is 46.8 Å². The molecular weight excluding hydrogens is 629 g/mol. The summed E-state index contributed by atoms with van der Waals surface area (Å²) in [4.78, 5) is 32.2. The Morgan fingerprint density at radius 2 is 1.70 bits per heavy atom. The lowest BCUT2D eigenvalue weighted by molar-refractivity contribution is -0.274. The highest BCUT2D eigenvalue weighted by molar-refractivity contribution is 7.92. The summed E-state index contributed by atoms with van der Waals surface area (Å²) in [6, 6.07) is 8.48. The zero-order valence-corrected chi connectivity index (χ0v) is 26.1. The average molecular weight is 665 g/mol.